The van der Waals surface area contributed by atoms with E-state index in [1.54, 1.807) is 0 Å². The van der Waals surface area contributed by atoms with Crippen molar-refractivity contribution in [2.24, 2.45) is 5.92 Å². The summed E-state index contributed by atoms with van der Waals surface area (Å²) in [5.41, 5.74) is -0.392. The molecule has 0 spiro atoms. The van der Waals surface area contributed by atoms with Gasteiger partial charge < -0.3 is 15.0 Å². The number of fused-ring (bicyclic) bond motifs is 1. The van der Waals surface area contributed by atoms with Crippen molar-refractivity contribution in [3.05, 3.63) is 0 Å². The fourth-order valence-corrected chi connectivity index (χ4v) is 2.62. The van der Waals surface area contributed by atoms with Gasteiger partial charge in [-0.15, -0.1) is 0 Å². The van der Waals surface area contributed by atoms with Gasteiger partial charge in [-0.05, 0) is 46.1 Å². The Kier molecular flexibility index (Phi) is 3.10. The monoisotopic (exact) mass is 226 g/mol. The van der Waals surface area contributed by atoms with Crippen LogP contribution in [0.15, 0.2) is 0 Å². The maximum absolute atomic E-state index is 12.0. The van der Waals surface area contributed by atoms with Crippen molar-refractivity contribution in [1.29, 1.82) is 0 Å². The highest BCUT2D eigenvalue weighted by atomic mass is 16.6. The average molecular weight is 226 g/mol. The quantitative estimate of drug-likeness (QED) is 0.682. The fourth-order valence-electron chi connectivity index (χ4n) is 2.62. The van der Waals surface area contributed by atoms with E-state index in [0.29, 0.717) is 12.0 Å². The second-order valence-corrected chi connectivity index (χ2v) is 5.78. The molecule has 0 unspecified atom stereocenters. The highest BCUT2D eigenvalue weighted by molar-refractivity contribution is 5.69. The number of nitrogens with one attached hydrogen (secondary N) is 1. The summed E-state index contributed by atoms with van der Waals surface area (Å²) in [7, 11) is 0. The molecule has 0 saturated carbocycles. The lowest BCUT2D eigenvalue weighted by Crippen LogP contribution is -2.49. The lowest BCUT2D eigenvalue weighted by atomic mass is 9.93. The number of carbonyl (C=O) groups is 1. The van der Waals surface area contributed by atoms with E-state index in [1.165, 1.54) is 6.42 Å². The predicted octanol–water partition coefficient (Wildman–Crippen LogP) is 1.61. The van der Waals surface area contributed by atoms with E-state index >= 15 is 0 Å². The van der Waals surface area contributed by atoms with Gasteiger partial charge in [-0.1, -0.05) is 0 Å². The van der Waals surface area contributed by atoms with E-state index < -0.39 is 5.60 Å². The molecule has 2 atom stereocenters. The highest BCUT2D eigenvalue weighted by Crippen LogP contribution is 2.29. The first kappa shape index (κ1) is 11.7. The van der Waals surface area contributed by atoms with Crippen LogP contribution in [0.3, 0.4) is 0 Å². The number of ether oxygens (including phenoxy) is 1. The predicted molar refractivity (Wildman–Crippen MR) is 62.3 cm³/mol. The molecule has 4 heteroatoms. The molecule has 2 fully saturated rings. The van der Waals surface area contributed by atoms with Gasteiger partial charge in [-0.2, -0.15) is 0 Å². The van der Waals surface area contributed by atoms with Gasteiger partial charge in [0.25, 0.3) is 0 Å². The maximum atomic E-state index is 12.0. The third-order valence-corrected chi connectivity index (χ3v) is 3.36. The van der Waals surface area contributed by atoms with Gasteiger partial charge >= 0.3 is 6.09 Å². The molecule has 0 aromatic heterocycles. The minimum Gasteiger partial charge on any atom is -0.444 e. The van der Waals surface area contributed by atoms with Gasteiger partial charge in [0, 0.05) is 13.1 Å². The van der Waals surface area contributed by atoms with Gasteiger partial charge in [-0.25, -0.2) is 4.79 Å². The number of likely N-dealkylation sites (tertiary alicyclic amines) is 1. The van der Waals surface area contributed by atoms with Gasteiger partial charge in [0.15, 0.2) is 0 Å². The number of rotatable bonds is 0. The minimum absolute atomic E-state index is 0.149. The Hall–Kier alpha value is -0.770. The second-order valence-electron chi connectivity index (χ2n) is 5.78. The van der Waals surface area contributed by atoms with Crippen LogP contribution < -0.4 is 5.32 Å². The molecule has 2 heterocycles. The summed E-state index contributed by atoms with van der Waals surface area (Å²) in [6, 6.07) is 0.351. The SMILES string of the molecule is CC(C)(C)OC(=O)N1CC[C@H]2CCNC[C@@H]21. The third-order valence-electron chi connectivity index (χ3n) is 3.36. The van der Waals surface area contributed by atoms with Crippen LogP contribution >= 0.6 is 0 Å². The van der Waals surface area contributed by atoms with Crippen molar-refractivity contribution in [2.45, 2.75) is 45.3 Å². The van der Waals surface area contributed by atoms with Gasteiger partial charge in [0.05, 0.1) is 6.04 Å². The number of nitrogens with zero attached hydrogens (tertiary/aromatic N) is 1. The molecular weight excluding hydrogens is 204 g/mol. The number of carbonyl (C=O) groups excluding carboxylic acids is 1. The zero-order chi connectivity index (χ0) is 11.8. The average Bonchev–Trinajstić information content (AvgIpc) is 2.58. The Bertz CT molecular complexity index is 273. The molecule has 92 valence electrons. The summed E-state index contributed by atoms with van der Waals surface area (Å²) < 4.78 is 5.43. The van der Waals surface area contributed by atoms with Crippen molar-refractivity contribution >= 4 is 6.09 Å². The third kappa shape index (κ3) is 2.48. The number of hydrogen-bond acceptors (Lipinski definition) is 3. The minimum atomic E-state index is -0.392. The summed E-state index contributed by atoms with van der Waals surface area (Å²) in [6.45, 7) is 8.60. The Balaban J connectivity index is 1.97. The number of amides is 1. The van der Waals surface area contributed by atoms with Crippen molar-refractivity contribution in [1.82, 2.24) is 10.2 Å². The molecule has 0 aromatic carbocycles. The fraction of sp³-hybridized carbons (Fsp3) is 0.917. The standard InChI is InChI=1S/C12H22N2O2/c1-12(2,3)16-11(15)14-7-5-9-4-6-13-8-10(9)14/h9-10,13H,4-8H2,1-3H3/t9-,10+/m1/s1. The summed E-state index contributed by atoms with van der Waals surface area (Å²) in [5, 5.41) is 3.35. The maximum Gasteiger partial charge on any atom is 0.410 e. The van der Waals surface area contributed by atoms with Crippen molar-refractivity contribution in [3.8, 4) is 0 Å². The van der Waals surface area contributed by atoms with Crippen LogP contribution in [-0.2, 0) is 4.74 Å². The highest BCUT2D eigenvalue weighted by Gasteiger charge is 2.39. The Morgan fingerprint density at radius 3 is 2.81 bits per heavy atom. The Morgan fingerprint density at radius 2 is 2.12 bits per heavy atom. The van der Waals surface area contributed by atoms with Gasteiger partial charge in [-0.3, -0.25) is 0 Å². The van der Waals surface area contributed by atoms with E-state index in [0.717, 1.165) is 26.1 Å². The lowest BCUT2D eigenvalue weighted by Gasteiger charge is -2.33. The van der Waals surface area contributed by atoms with Gasteiger partial charge in [0.1, 0.15) is 5.60 Å². The van der Waals surface area contributed by atoms with Crippen LogP contribution in [0, 0.1) is 5.92 Å². The second kappa shape index (κ2) is 4.24. The van der Waals surface area contributed by atoms with Crippen molar-refractivity contribution < 1.29 is 9.53 Å². The Morgan fingerprint density at radius 1 is 1.38 bits per heavy atom. The van der Waals surface area contributed by atoms with E-state index in [4.69, 9.17) is 4.74 Å². The smallest absolute Gasteiger partial charge is 0.410 e. The number of hydrogen-bond donors (Lipinski definition) is 1. The molecule has 0 aromatic rings. The zero-order valence-corrected chi connectivity index (χ0v) is 10.5. The van der Waals surface area contributed by atoms with E-state index in [1.807, 2.05) is 25.7 Å². The molecule has 0 bridgehead atoms. The molecule has 2 rings (SSSR count). The van der Waals surface area contributed by atoms with Crippen molar-refractivity contribution in [2.75, 3.05) is 19.6 Å². The van der Waals surface area contributed by atoms with Crippen LogP contribution in [0.4, 0.5) is 4.79 Å². The Labute approximate surface area is 97.3 Å². The molecule has 0 radical (unpaired) electrons. The van der Waals surface area contributed by atoms with Gasteiger partial charge in [0.2, 0.25) is 0 Å². The zero-order valence-electron chi connectivity index (χ0n) is 10.5. The van der Waals surface area contributed by atoms with Crippen LogP contribution in [0.5, 0.6) is 0 Å². The van der Waals surface area contributed by atoms with Crippen molar-refractivity contribution in [3.63, 3.8) is 0 Å². The first-order valence-corrected chi connectivity index (χ1v) is 6.18. The normalized spacial score (nSPS) is 30.1. The van der Waals surface area contributed by atoms with E-state index in [9.17, 15) is 4.79 Å². The first-order chi connectivity index (χ1) is 7.47. The molecule has 1 amide bonds. The van der Waals surface area contributed by atoms with Crippen LogP contribution in [0.1, 0.15) is 33.6 Å². The molecule has 0 aliphatic carbocycles. The molecule has 2 aliphatic heterocycles. The van der Waals surface area contributed by atoms with E-state index in [-0.39, 0.29) is 6.09 Å². The summed E-state index contributed by atoms with van der Waals surface area (Å²) in [4.78, 5) is 13.9. The molecular formula is C12H22N2O2. The van der Waals surface area contributed by atoms with Crippen LogP contribution in [0.2, 0.25) is 0 Å². The first-order valence-electron chi connectivity index (χ1n) is 6.18. The van der Waals surface area contributed by atoms with E-state index in [2.05, 4.69) is 5.32 Å². The van der Waals surface area contributed by atoms with Crippen LogP contribution in [0.25, 0.3) is 0 Å². The molecule has 1 N–H and O–H groups in total. The molecule has 4 nitrogen and oxygen atoms in total. The summed E-state index contributed by atoms with van der Waals surface area (Å²) in [6.07, 6.45) is 2.17. The number of piperidine rings is 1. The summed E-state index contributed by atoms with van der Waals surface area (Å²) in [5.74, 6) is 0.675. The molecule has 2 aliphatic rings. The molecule has 16 heavy (non-hydrogen) atoms. The largest absolute Gasteiger partial charge is 0.444 e. The molecule has 2 saturated heterocycles. The summed E-state index contributed by atoms with van der Waals surface area (Å²) >= 11 is 0. The van der Waals surface area contributed by atoms with Crippen LogP contribution in [-0.4, -0.2) is 42.3 Å². The topological polar surface area (TPSA) is 41.6 Å². The lowest BCUT2D eigenvalue weighted by molar-refractivity contribution is 0.0195.